The van der Waals surface area contributed by atoms with Gasteiger partial charge >= 0.3 is 0 Å². The maximum Gasteiger partial charge on any atom is 0.239 e. The normalized spacial score (nSPS) is 15.4. The van der Waals surface area contributed by atoms with Crippen molar-refractivity contribution in [2.45, 2.75) is 25.7 Å². The molecule has 0 aliphatic heterocycles. The van der Waals surface area contributed by atoms with E-state index < -0.39 is 0 Å². The summed E-state index contributed by atoms with van der Waals surface area (Å²) in [6, 6.07) is 10.3. The van der Waals surface area contributed by atoms with Crippen LogP contribution in [0.25, 0.3) is 11.6 Å². The lowest BCUT2D eigenvalue weighted by molar-refractivity contribution is -0.125. The van der Waals surface area contributed by atoms with E-state index in [0.717, 1.165) is 28.5 Å². The van der Waals surface area contributed by atoms with Crippen LogP contribution in [-0.2, 0) is 22.4 Å². The second-order valence-corrected chi connectivity index (χ2v) is 8.35. The molecule has 144 valence electrons. The van der Waals surface area contributed by atoms with Gasteiger partial charge in [-0.1, -0.05) is 42.5 Å². The number of aromatic nitrogens is 1. The van der Waals surface area contributed by atoms with Gasteiger partial charge in [-0.3, -0.25) is 9.59 Å². The fourth-order valence-electron chi connectivity index (χ4n) is 3.07. The molecule has 0 atom stereocenters. The van der Waals surface area contributed by atoms with Gasteiger partial charge in [-0.15, -0.1) is 11.3 Å². The van der Waals surface area contributed by atoms with E-state index >= 15 is 0 Å². The number of nitrogens with one attached hydrogen (secondary N) is 2. The lowest BCUT2D eigenvalue weighted by atomic mass is 10.1. The fraction of sp³-hybridized carbons (Fsp3) is 0.318. The molecule has 0 spiro atoms. The summed E-state index contributed by atoms with van der Waals surface area (Å²) in [7, 11) is 0. The molecule has 0 saturated heterocycles. The number of rotatable bonds is 7. The van der Waals surface area contributed by atoms with Crippen LogP contribution < -0.4 is 10.6 Å². The summed E-state index contributed by atoms with van der Waals surface area (Å²) in [5.74, 6) is 0.335. The van der Waals surface area contributed by atoms with Gasteiger partial charge in [0.2, 0.25) is 11.8 Å². The third kappa shape index (κ3) is 4.95. The number of nitrogens with zero attached hydrogens (tertiary/aromatic N) is 1. The van der Waals surface area contributed by atoms with Gasteiger partial charge in [-0.2, -0.15) is 0 Å². The van der Waals surface area contributed by atoms with Crippen LogP contribution in [0, 0.1) is 5.92 Å². The topological polar surface area (TPSA) is 71.1 Å². The molecule has 1 fully saturated rings. The van der Waals surface area contributed by atoms with Crippen molar-refractivity contribution in [3.05, 3.63) is 63.6 Å². The maximum atomic E-state index is 12.1. The highest BCUT2D eigenvalue weighted by Gasteiger charge is 2.21. The molecule has 2 N–H and O–H groups in total. The van der Waals surface area contributed by atoms with Gasteiger partial charge in [-0.05, 0) is 36.0 Å². The zero-order valence-corrected chi connectivity index (χ0v) is 16.4. The van der Waals surface area contributed by atoms with E-state index in [4.69, 9.17) is 0 Å². The predicted octanol–water partition coefficient (Wildman–Crippen LogP) is 2.98. The fourth-order valence-corrected chi connectivity index (χ4v) is 4.09. The van der Waals surface area contributed by atoms with Crippen LogP contribution in [0.5, 0.6) is 0 Å². The van der Waals surface area contributed by atoms with Crippen molar-refractivity contribution in [1.29, 1.82) is 0 Å². The number of hydrogen-bond donors (Lipinski definition) is 2. The summed E-state index contributed by atoms with van der Waals surface area (Å²) in [5, 5.41) is 6.31. The zero-order valence-electron chi connectivity index (χ0n) is 15.6. The van der Waals surface area contributed by atoms with Crippen LogP contribution in [0.15, 0.2) is 42.5 Å². The maximum absolute atomic E-state index is 12.1. The Balaban J connectivity index is 1.30. The molecule has 1 saturated carbocycles. The third-order valence-corrected chi connectivity index (χ3v) is 5.94. The molecule has 2 aliphatic rings. The minimum Gasteiger partial charge on any atom is -0.354 e. The molecule has 0 unspecified atom stereocenters. The van der Waals surface area contributed by atoms with E-state index in [1.54, 1.807) is 11.3 Å². The first-order chi connectivity index (χ1) is 13.7. The molecule has 2 amide bonds. The van der Waals surface area contributed by atoms with E-state index in [1.165, 1.54) is 24.0 Å². The molecule has 2 aromatic rings. The second-order valence-electron chi connectivity index (χ2n) is 7.18. The van der Waals surface area contributed by atoms with Crippen molar-refractivity contribution >= 4 is 34.8 Å². The number of hydrogen-bond acceptors (Lipinski definition) is 4. The first-order valence-electron chi connectivity index (χ1n) is 9.63. The largest absolute Gasteiger partial charge is 0.354 e. The molecular formula is C22H23N3O2S. The smallest absolute Gasteiger partial charge is 0.239 e. The summed E-state index contributed by atoms with van der Waals surface area (Å²) < 4.78 is 0. The molecule has 28 heavy (non-hydrogen) atoms. The van der Waals surface area contributed by atoms with Crippen LogP contribution in [-0.4, -0.2) is 29.9 Å². The second kappa shape index (κ2) is 8.52. The minimum absolute atomic E-state index is 0.0275. The van der Waals surface area contributed by atoms with E-state index in [2.05, 4.69) is 39.9 Å². The van der Waals surface area contributed by atoms with Crippen molar-refractivity contribution in [3.63, 3.8) is 0 Å². The summed E-state index contributed by atoms with van der Waals surface area (Å²) in [4.78, 5) is 29.6. The number of thiazole rings is 1. The van der Waals surface area contributed by atoms with Gasteiger partial charge in [0.25, 0.3) is 0 Å². The first-order valence-corrected chi connectivity index (χ1v) is 10.4. The van der Waals surface area contributed by atoms with Gasteiger partial charge < -0.3 is 10.6 Å². The Hall–Kier alpha value is -2.73. The number of carbonyl (C=O) groups excluding carboxylic acids is 2. The number of allylic oxidation sites excluding steroid dienone is 3. The van der Waals surface area contributed by atoms with Crippen molar-refractivity contribution in [2.75, 3.05) is 13.1 Å². The minimum atomic E-state index is -0.171. The number of benzene rings is 1. The molecule has 4 rings (SSSR count). The lowest BCUT2D eigenvalue weighted by Crippen LogP contribution is -2.38. The van der Waals surface area contributed by atoms with E-state index in [-0.39, 0.29) is 24.8 Å². The van der Waals surface area contributed by atoms with Gasteiger partial charge in [0, 0.05) is 17.8 Å². The molecule has 2 aliphatic carbocycles. The van der Waals surface area contributed by atoms with Crippen molar-refractivity contribution in [3.8, 4) is 0 Å². The van der Waals surface area contributed by atoms with E-state index in [9.17, 15) is 9.59 Å². The number of amides is 2. The average Bonchev–Trinajstić information content (AvgIpc) is 3.49. The monoisotopic (exact) mass is 393 g/mol. The highest BCUT2D eigenvalue weighted by molar-refractivity contribution is 7.12. The van der Waals surface area contributed by atoms with Gasteiger partial charge in [-0.25, -0.2) is 4.98 Å². The van der Waals surface area contributed by atoms with Crippen molar-refractivity contribution < 1.29 is 9.59 Å². The van der Waals surface area contributed by atoms with Crippen LogP contribution in [0.1, 0.15) is 34.0 Å². The molecule has 0 bridgehead atoms. The molecule has 1 aromatic heterocycles. The molecule has 6 heteroatoms. The summed E-state index contributed by atoms with van der Waals surface area (Å²) >= 11 is 1.56. The molecule has 1 heterocycles. The van der Waals surface area contributed by atoms with E-state index in [0.29, 0.717) is 5.92 Å². The van der Waals surface area contributed by atoms with Gasteiger partial charge in [0.15, 0.2) is 0 Å². The Morgan fingerprint density at radius 3 is 2.68 bits per heavy atom. The predicted molar refractivity (Wildman–Crippen MR) is 112 cm³/mol. The number of fused-ring (bicyclic) bond motifs is 1. The highest BCUT2D eigenvalue weighted by Crippen LogP contribution is 2.28. The van der Waals surface area contributed by atoms with Crippen LogP contribution in [0.3, 0.4) is 0 Å². The first kappa shape index (κ1) is 18.6. The summed E-state index contributed by atoms with van der Waals surface area (Å²) in [6.45, 7) is 0.748. The standard InChI is InChI=1S/C22H23N3O2S/c26-20(24-14-21(27)23-13-15-6-7-15)12-22-25-18-10-8-17(9-11-19(18)28-22)16-4-2-1-3-5-16/h1-5,8-10,15H,6-7,11-14H2,(H,23,27)(H,24,26). The van der Waals surface area contributed by atoms with Gasteiger partial charge in [0.1, 0.15) is 5.01 Å². The molecular weight excluding hydrogens is 370 g/mol. The Morgan fingerprint density at radius 1 is 1.07 bits per heavy atom. The number of carbonyl (C=O) groups is 2. The molecule has 1 aromatic carbocycles. The molecule has 5 nitrogen and oxygen atoms in total. The van der Waals surface area contributed by atoms with E-state index in [1.807, 2.05) is 24.3 Å². The van der Waals surface area contributed by atoms with Crippen LogP contribution in [0.4, 0.5) is 0 Å². The Kier molecular flexibility index (Phi) is 5.67. The quantitative estimate of drug-likeness (QED) is 0.760. The van der Waals surface area contributed by atoms with Gasteiger partial charge in [0.05, 0.1) is 18.7 Å². The summed E-state index contributed by atoms with van der Waals surface area (Å²) in [6.07, 6.45) is 9.69. The Bertz CT molecular complexity index is 927. The third-order valence-electron chi connectivity index (χ3n) is 4.85. The SMILES string of the molecule is O=C(CNC(=O)Cc1nc2c(s1)CC=C(c1ccccc1)C=C2)NCC1CC1. The Morgan fingerprint density at radius 2 is 1.89 bits per heavy atom. The van der Waals surface area contributed by atoms with Crippen LogP contribution in [0.2, 0.25) is 0 Å². The summed E-state index contributed by atoms with van der Waals surface area (Å²) in [5.41, 5.74) is 3.30. The van der Waals surface area contributed by atoms with Crippen LogP contribution >= 0.6 is 11.3 Å². The van der Waals surface area contributed by atoms with Crippen molar-refractivity contribution in [1.82, 2.24) is 15.6 Å². The average molecular weight is 394 g/mol. The van der Waals surface area contributed by atoms with Crippen molar-refractivity contribution in [2.24, 2.45) is 5.92 Å². The zero-order chi connectivity index (χ0) is 19.3. The molecule has 0 radical (unpaired) electrons. The highest BCUT2D eigenvalue weighted by atomic mass is 32.1. The lowest BCUT2D eigenvalue weighted by Gasteiger charge is -2.05. The Labute approximate surface area is 168 Å².